The molecule has 8 heteroatoms. The third kappa shape index (κ3) is 4.76. The number of nitrogens with one attached hydrogen (secondary N) is 1. The van der Waals surface area contributed by atoms with Gasteiger partial charge in [-0.2, -0.15) is 0 Å². The number of carbonyl (C=O) groups is 2. The molecular weight excluding hydrogens is 443 g/mol. The molecule has 1 N–H and O–H groups in total. The molecule has 3 amide bonds. The second kappa shape index (κ2) is 9.09. The molecule has 2 aromatic carbocycles. The summed E-state index contributed by atoms with van der Waals surface area (Å²) in [4.78, 5) is 26.1. The summed E-state index contributed by atoms with van der Waals surface area (Å²) >= 11 is 3.47. The molecule has 0 atom stereocenters. The maximum absolute atomic E-state index is 13.1. The summed E-state index contributed by atoms with van der Waals surface area (Å²) < 4.78 is 25.0. The standard InChI is InChI=1S/C21H20BrFN2O4/c1-3-28-18-10-14(16(22)11-19(18)29-4-2)9-17-20(26)25(21(27)24-17)12-13-5-7-15(23)8-6-13/h5-11H,3-4,12H2,1-2H3,(H,24,27)/b17-9+. The highest BCUT2D eigenvalue weighted by atomic mass is 79.9. The lowest BCUT2D eigenvalue weighted by Gasteiger charge is -2.13. The van der Waals surface area contributed by atoms with Gasteiger partial charge in [0.1, 0.15) is 11.5 Å². The number of imide groups is 1. The Morgan fingerprint density at radius 3 is 2.31 bits per heavy atom. The van der Waals surface area contributed by atoms with Crippen LogP contribution in [0.5, 0.6) is 11.5 Å². The molecule has 1 fully saturated rings. The molecule has 0 spiro atoms. The molecule has 152 valence electrons. The average Bonchev–Trinajstić information content (AvgIpc) is 2.95. The summed E-state index contributed by atoms with van der Waals surface area (Å²) in [5.74, 6) is 0.294. The average molecular weight is 463 g/mol. The molecule has 0 radical (unpaired) electrons. The first kappa shape index (κ1) is 20.9. The van der Waals surface area contributed by atoms with E-state index in [0.29, 0.717) is 40.3 Å². The molecule has 2 aromatic rings. The van der Waals surface area contributed by atoms with E-state index in [9.17, 15) is 14.0 Å². The molecule has 0 aliphatic carbocycles. The Labute approximate surface area is 176 Å². The van der Waals surface area contributed by atoms with Crippen LogP contribution < -0.4 is 14.8 Å². The van der Waals surface area contributed by atoms with Gasteiger partial charge in [-0.25, -0.2) is 9.18 Å². The van der Waals surface area contributed by atoms with E-state index in [1.54, 1.807) is 18.2 Å². The molecular formula is C21H20BrFN2O4. The Morgan fingerprint density at radius 2 is 1.69 bits per heavy atom. The molecule has 1 aliphatic heterocycles. The number of hydrogen-bond donors (Lipinski definition) is 1. The van der Waals surface area contributed by atoms with Gasteiger partial charge in [-0.1, -0.05) is 28.1 Å². The number of carbonyl (C=O) groups excluding carboxylic acids is 2. The minimum Gasteiger partial charge on any atom is -0.490 e. The van der Waals surface area contributed by atoms with Crippen molar-refractivity contribution >= 4 is 33.9 Å². The largest absolute Gasteiger partial charge is 0.490 e. The molecule has 1 heterocycles. The van der Waals surface area contributed by atoms with Crippen molar-refractivity contribution in [1.29, 1.82) is 0 Å². The minimum absolute atomic E-state index is 0.0525. The summed E-state index contributed by atoms with van der Waals surface area (Å²) in [5, 5.41) is 2.58. The Hall–Kier alpha value is -2.87. The third-order valence-electron chi connectivity index (χ3n) is 4.18. The highest BCUT2D eigenvalue weighted by molar-refractivity contribution is 9.10. The monoisotopic (exact) mass is 462 g/mol. The van der Waals surface area contributed by atoms with Crippen LogP contribution >= 0.6 is 15.9 Å². The predicted molar refractivity (Wildman–Crippen MR) is 110 cm³/mol. The van der Waals surface area contributed by atoms with E-state index in [2.05, 4.69) is 21.2 Å². The van der Waals surface area contributed by atoms with Gasteiger partial charge in [0, 0.05) is 4.47 Å². The normalized spacial score (nSPS) is 15.0. The first-order chi connectivity index (χ1) is 13.9. The number of nitrogens with zero attached hydrogens (tertiary/aromatic N) is 1. The fourth-order valence-corrected chi connectivity index (χ4v) is 3.28. The zero-order valence-corrected chi connectivity index (χ0v) is 17.6. The molecule has 0 saturated carbocycles. The van der Waals surface area contributed by atoms with Crippen LogP contribution in [0.2, 0.25) is 0 Å². The number of urea groups is 1. The number of amides is 3. The molecule has 0 bridgehead atoms. The summed E-state index contributed by atoms with van der Waals surface area (Å²) in [7, 11) is 0. The SMILES string of the molecule is CCOc1cc(Br)c(/C=C2/NC(=O)N(Cc3ccc(F)cc3)C2=O)cc1OCC. The van der Waals surface area contributed by atoms with Gasteiger partial charge in [-0.3, -0.25) is 9.69 Å². The maximum atomic E-state index is 13.1. The van der Waals surface area contributed by atoms with Gasteiger partial charge in [-0.15, -0.1) is 0 Å². The van der Waals surface area contributed by atoms with Gasteiger partial charge in [0.05, 0.1) is 19.8 Å². The van der Waals surface area contributed by atoms with E-state index < -0.39 is 11.9 Å². The van der Waals surface area contributed by atoms with Gasteiger partial charge in [0.2, 0.25) is 0 Å². The third-order valence-corrected chi connectivity index (χ3v) is 4.87. The second-order valence-corrected chi connectivity index (χ2v) is 7.05. The van der Waals surface area contributed by atoms with Crippen molar-refractivity contribution in [3.05, 3.63) is 63.5 Å². The van der Waals surface area contributed by atoms with Crippen LogP contribution in [-0.2, 0) is 11.3 Å². The topological polar surface area (TPSA) is 67.9 Å². The lowest BCUT2D eigenvalue weighted by molar-refractivity contribution is -0.123. The molecule has 0 aromatic heterocycles. The smallest absolute Gasteiger partial charge is 0.329 e. The van der Waals surface area contributed by atoms with Crippen LogP contribution in [-0.4, -0.2) is 30.1 Å². The molecule has 29 heavy (non-hydrogen) atoms. The highest BCUT2D eigenvalue weighted by Gasteiger charge is 2.33. The molecule has 1 aliphatic rings. The number of ether oxygens (including phenoxy) is 2. The number of hydrogen-bond acceptors (Lipinski definition) is 4. The zero-order chi connectivity index (χ0) is 21.0. The van der Waals surface area contributed by atoms with Crippen molar-refractivity contribution in [2.45, 2.75) is 20.4 Å². The predicted octanol–water partition coefficient (Wildman–Crippen LogP) is 4.48. The highest BCUT2D eigenvalue weighted by Crippen LogP contribution is 2.35. The Balaban J connectivity index is 1.86. The first-order valence-electron chi connectivity index (χ1n) is 9.11. The fourth-order valence-electron chi connectivity index (χ4n) is 2.84. The van der Waals surface area contributed by atoms with Crippen molar-refractivity contribution in [2.75, 3.05) is 13.2 Å². The summed E-state index contributed by atoms with van der Waals surface area (Å²) in [6.07, 6.45) is 1.58. The van der Waals surface area contributed by atoms with E-state index in [0.717, 1.165) is 4.90 Å². The summed E-state index contributed by atoms with van der Waals surface area (Å²) in [6, 6.07) is 8.63. The van der Waals surface area contributed by atoms with Gasteiger partial charge in [-0.05, 0) is 55.3 Å². The fraction of sp³-hybridized carbons (Fsp3) is 0.238. The van der Waals surface area contributed by atoms with Crippen LogP contribution in [0.3, 0.4) is 0 Å². The van der Waals surface area contributed by atoms with Crippen molar-refractivity contribution in [3.63, 3.8) is 0 Å². The van der Waals surface area contributed by atoms with Crippen LogP contribution in [0.15, 0.2) is 46.6 Å². The van der Waals surface area contributed by atoms with Crippen LogP contribution in [0.4, 0.5) is 9.18 Å². The Kier molecular flexibility index (Phi) is 6.53. The van der Waals surface area contributed by atoms with Crippen molar-refractivity contribution in [2.24, 2.45) is 0 Å². The Morgan fingerprint density at radius 1 is 1.07 bits per heavy atom. The zero-order valence-electron chi connectivity index (χ0n) is 16.0. The minimum atomic E-state index is -0.530. The van der Waals surface area contributed by atoms with Crippen molar-refractivity contribution < 1.29 is 23.5 Å². The van der Waals surface area contributed by atoms with Crippen molar-refractivity contribution in [3.8, 4) is 11.5 Å². The Bertz CT molecular complexity index is 960. The molecule has 0 unspecified atom stereocenters. The summed E-state index contributed by atoms with van der Waals surface area (Å²) in [5.41, 5.74) is 1.45. The van der Waals surface area contributed by atoms with Gasteiger partial charge >= 0.3 is 6.03 Å². The van der Waals surface area contributed by atoms with E-state index in [-0.39, 0.29) is 18.1 Å². The lowest BCUT2D eigenvalue weighted by Crippen LogP contribution is -2.30. The van der Waals surface area contributed by atoms with Crippen molar-refractivity contribution in [1.82, 2.24) is 10.2 Å². The summed E-state index contributed by atoms with van der Waals surface area (Å²) in [6.45, 7) is 4.74. The van der Waals surface area contributed by atoms with E-state index in [1.165, 1.54) is 24.3 Å². The second-order valence-electron chi connectivity index (χ2n) is 6.19. The molecule has 6 nitrogen and oxygen atoms in total. The quantitative estimate of drug-likeness (QED) is 0.486. The van der Waals surface area contributed by atoms with E-state index >= 15 is 0 Å². The number of halogens is 2. The van der Waals surface area contributed by atoms with Gasteiger partial charge in [0.25, 0.3) is 5.91 Å². The first-order valence-corrected chi connectivity index (χ1v) is 9.90. The van der Waals surface area contributed by atoms with E-state index in [4.69, 9.17) is 9.47 Å². The molecule has 3 rings (SSSR count). The number of benzene rings is 2. The van der Waals surface area contributed by atoms with Crippen LogP contribution in [0.1, 0.15) is 25.0 Å². The van der Waals surface area contributed by atoms with E-state index in [1.807, 2.05) is 13.8 Å². The van der Waals surface area contributed by atoms with Gasteiger partial charge < -0.3 is 14.8 Å². The van der Waals surface area contributed by atoms with Crippen LogP contribution in [0.25, 0.3) is 6.08 Å². The van der Waals surface area contributed by atoms with Gasteiger partial charge in [0.15, 0.2) is 11.5 Å². The number of rotatable bonds is 7. The molecule has 1 saturated heterocycles. The lowest BCUT2D eigenvalue weighted by atomic mass is 10.1. The maximum Gasteiger partial charge on any atom is 0.329 e. The van der Waals surface area contributed by atoms with Crippen LogP contribution in [0, 0.1) is 5.82 Å².